The molecule has 37 heavy (non-hydrogen) atoms. The number of nitrogens with zero attached hydrogens (tertiary/aromatic N) is 2. The van der Waals surface area contributed by atoms with Crippen LogP contribution in [-0.2, 0) is 19.2 Å². The quantitative estimate of drug-likeness (QED) is 0.221. The molecule has 3 rings (SSSR count). The second kappa shape index (κ2) is 13.6. The summed E-state index contributed by atoms with van der Waals surface area (Å²) in [4.78, 5) is 42.9. The van der Waals surface area contributed by atoms with Gasteiger partial charge in [0.1, 0.15) is 0 Å². The summed E-state index contributed by atoms with van der Waals surface area (Å²) in [6.07, 6.45) is 0.681. The molecule has 2 atom stereocenters. The number of hydrogen-bond acceptors (Lipinski definition) is 7. The standard InChI is InChI=1S/C26H32ClN5O5/c1-17-14-23(31-21-7-5-20(27)6-8-21)22-15-19(4-9-24(22)32(17)18(2)33)26(35)30-11-13-36-12-10-29-25(34)16-37-28-3/h4-9,15,17,23,31H,3,10-14,16H2,1-2H3,(H,29,34)(H,30,35)/t17-,23+/m0/s1. The average Bonchev–Trinajstić information content (AvgIpc) is 2.87. The normalized spacial score (nSPS) is 16.4. The van der Waals surface area contributed by atoms with Crippen LogP contribution in [0, 0.1) is 0 Å². The van der Waals surface area contributed by atoms with Gasteiger partial charge in [0.25, 0.3) is 11.8 Å². The number of hydrogen-bond donors (Lipinski definition) is 3. The highest BCUT2D eigenvalue weighted by Crippen LogP contribution is 2.39. The number of benzene rings is 2. The number of amides is 3. The third-order valence-electron chi connectivity index (χ3n) is 5.85. The number of fused-ring (bicyclic) bond motifs is 1. The molecule has 0 unspecified atom stereocenters. The SMILES string of the molecule is C=NOCC(=O)NCCOCCNC(=O)c1ccc2c(c1)[C@H](Nc1ccc(Cl)cc1)C[C@H](C)N2C(C)=O. The van der Waals surface area contributed by atoms with E-state index in [1.807, 2.05) is 43.3 Å². The fraction of sp³-hybridized carbons (Fsp3) is 0.385. The van der Waals surface area contributed by atoms with E-state index in [4.69, 9.17) is 16.3 Å². The van der Waals surface area contributed by atoms with E-state index < -0.39 is 0 Å². The Morgan fingerprint density at radius 2 is 1.81 bits per heavy atom. The maximum Gasteiger partial charge on any atom is 0.260 e. The molecule has 3 N–H and O–H groups in total. The summed E-state index contributed by atoms with van der Waals surface area (Å²) in [5, 5.41) is 12.8. The van der Waals surface area contributed by atoms with Gasteiger partial charge in [-0.1, -0.05) is 11.6 Å². The zero-order valence-corrected chi connectivity index (χ0v) is 21.7. The molecule has 1 heterocycles. The summed E-state index contributed by atoms with van der Waals surface area (Å²) < 4.78 is 5.44. The second-order valence-electron chi connectivity index (χ2n) is 8.57. The highest BCUT2D eigenvalue weighted by Gasteiger charge is 2.33. The molecule has 0 spiro atoms. The molecular weight excluding hydrogens is 498 g/mol. The van der Waals surface area contributed by atoms with Gasteiger partial charge < -0.3 is 30.4 Å². The van der Waals surface area contributed by atoms with Crippen molar-refractivity contribution in [2.75, 3.05) is 43.1 Å². The lowest BCUT2D eigenvalue weighted by atomic mass is 9.90. The van der Waals surface area contributed by atoms with Crippen molar-refractivity contribution in [2.45, 2.75) is 32.4 Å². The predicted molar refractivity (Wildman–Crippen MR) is 143 cm³/mol. The minimum Gasteiger partial charge on any atom is -0.386 e. The molecule has 1 aliphatic rings. The Labute approximate surface area is 221 Å². The lowest BCUT2D eigenvalue weighted by Gasteiger charge is -2.39. The number of anilines is 2. The van der Waals surface area contributed by atoms with E-state index in [2.05, 4.69) is 32.7 Å². The first-order valence-corrected chi connectivity index (χ1v) is 12.3. The average molecular weight is 530 g/mol. The van der Waals surface area contributed by atoms with Crippen LogP contribution in [0.1, 0.15) is 42.2 Å². The highest BCUT2D eigenvalue weighted by molar-refractivity contribution is 6.30. The summed E-state index contributed by atoms with van der Waals surface area (Å²) in [7, 11) is 0. The molecule has 2 aromatic carbocycles. The largest absolute Gasteiger partial charge is 0.386 e. The molecule has 1 aliphatic heterocycles. The molecule has 0 saturated carbocycles. The van der Waals surface area contributed by atoms with Gasteiger partial charge in [-0.2, -0.15) is 0 Å². The van der Waals surface area contributed by atoms with Crippen molar-refractivity contribution in [1.82, 2.24) is 10.6 Å². The Bertz CT molecular complexity index is 1110. The first kappa shape index (κ1) is 27.9. The van der Waals surface area contributed by atoms with Crippen LogP contribution >= 0.6 is 11.6 Å². The number of oxime groups is 1. The maximum atomic E-state index is 12.8. The van der Waals surface area contributed by atoms with Crippen LogP contribution in [0.25, 0.3) is 0 Å². The number of ether oxygens (including phenoxy) is 1. The third kappa shape index (κ3) is 7.93. The van der Waals surface area contributed by atoms with Gasteiger partial charge in [0.2, 0.25) is 5.91 Å². The van der Waals surface area contributed by atoms with Gasteiger partial charge in [-0.15, -0.1) is 5.16 Å². The molecule has 0 saturated heterocycles. The van der Waals surface area contributed by atoms with E-state index >= 15 is 0 Å². The zero-order valence-electron chi connectivity index (χ0n) is 21.0. The molecule has 0 aliphatic carbocycles. The van der Waals surface area contributed by atoms with E-state index in [0.717, 1.165) is 16.9 Å². The first-order valence-electron chi connectivity index (χ1n) is 12.0. The van der Waals surface area contributed by atoms with Crippen molar-refractivity contribution in [3.63, 3.8) is 0 Å². The summed E-state index contributed by atoms with van der Waals surface area (Å²) in [5.41, 5.74) is 3.05. The van der Waals surface area contributed by atoms with Crippen LogP contribution in [0.5, 0.6) is 0 Å². The molecule has 3 amide bonds. The van der Waals surface area contributed by atoms with Crippen LogP contribution < -0.4 is 20.9 Å². The van der Waals surface area contributed by atoms with Gasteiger partial charge in [0, 0.05) is 54.7 Å². The Hall–Kier alpha value is -3.63. The van der Waals surface area contributed by atoms with Gasteiger partial charge in [-0.25, -0.2) is 0 Å². The maximum absolute atomic E-state index is 12.8. The van der Waals surface area contributed by atoms with Gasteiger partial charge in [-0.3, -0.25) is 14.4 Å². The Balaban J connectivity index is 1.60. The number of carbonyl (C=O) groups excluding carboxylic acids is 3. The smallest absolute Gasteiger partial charge is 0.260 e. The molecule has 0 radical (unpaired) electrons. The second-order valence-corrected chi connectivity index (χ2v) is 9.01. The van der Waals surface area contributed by atoms with E-state index in [1.54, 1.807) is 17.9 Å². The minimum atomic E-state index is -0.321. The molecule has 11 heteroatoms. The number of carbonyl (C=O) groups is 3. The van der Waals surface area contributed by atoms with Crippen molar-refractivity contribution in [2.24, 2.45) is 5.16 Å². The minimum absolute atomic E-state index is 0.0115. The van der Waals surface area contributed by atoms with Gasteiger partial charge in [-0.05, 0) is 61.4 Å². The van der Waals surface area contributed by atoms with Crippen molar-refractivity contribution >= 4 is 47.4 Å². The van der Waals surface area contributed by atoms with Gasteiger partial charge in [0.15, 0.2) is 6.61 Å². The molecule has 0 fully saturated rings. The topological polar surface area (TPSA) is 121 Å². The molecule has 10 nitrogen and oxygen atoms in total. The Morgan fingerprint density at radius 1 is 1.11 bits per heavy atom. The monoisotopic (exact) mass is 529 g/mol. The Morgan fingerprint density at radius 3 is 2.49 bits per heavy atom. The first-order chi connectivity index (χ1) is 17.8. The predicted octanol–water partition coefficient (Wildman–Crippen LogP) is 3.13. The lowest BCUT2D eigenvalue weighted by molar-refractivity contribution is -0.125. The molecular formula is C26H32ClN5O5. The van der Waals surface area contributed by atoms with Crippen molar-refractivity contribution in [3.8, 4) is 0 Å². The Kier molecular flexibility index (Phi) is 10.3. The van der Waals surface area contributed by atoms with E-state index in [0.29, 0.717) is 36.7 Å². The summed E-state index contributed by atoms with van der Waals surface area (Å²) in [6, 6.07) is 12.7. The number of halogens is 1. The van der Waals surface area contributed by atoms with Crippen LogP contribution in [0.4, 0.5) is 11.4 Å². The molecule has 0 bridgehead atoms. The van der Waals surface area contributed by atoms with Crippen molar-refractivity contribution in [1.29, 1.82) is 0 Å². The summed E-state index contributed by atoms with van der Waals surface area (Å²) >= 11 is 6.02. The highest BCUT2D eigenvalue weighted by atomic mass is 35.5. The molecule has 0 aromatic heterocycles. The molecule has 198 valence electrons. The summed E-state index contributed by atoms with van der Waals surface area (Å²) in [6.45, 7) is 7.68. The number of rotatable bonds is 12. The van der Waals surface area contributed by atoms with Crippen molar-refractivity contribution in [3.05, 3.63) is 58.6 Å². The number of nitrogens with one attached hydrogen (secondary N) is 3. The van der Waals surface area contributed by atoms with Crippen LogP contribution in [-0.4, -0.2) is 63.4 Å². The van der Waals surface area contributed by atoms with Gasteiger partial charge >= 0.3 is 0 Å². The summed E-state index contributed by atoms with van der Waals surface area (Å²) in [5.74, 6) is -0.612. The van der Waals surface area contributed by atoms with Crippen LogP contribution in [0.15, 0.2) is 47.6 Å². The van der Waals surface area contributed by atoms with Crippen LogP contribution in [0.2, 0.25) is 5.02 Å². The fourth-order valence-electron chi connectivity index (χ4n) is 4.23. The van der Waals surface area contributed by atoms with E-state index in [9.17, 15) is 14.4 Å². The fourth-order valence-corrected chi connectivity index (χ4v) is 4.35. The molecule has 2 aromatic rings. The van der Waals surface area contributed by atoms with E-state index in [-0.39, 0.29) is 43.0 Å². The van der Waals surface area contributed by atoms with Gasteiger partial charge in [0.05, 0.1) is 19.3 Å². The third-order valence-corrected chi connectivity index (χ3v) is 6.11. The van der Waals surface area contributed by atoms with Crippen LogP contribution in [0.3, 0.4) is 0 Å². The zero-order chi connectivity index (χ0) is 26.8. The van der Waals surface area contributed by atoms with E-state index in [1.165, 1.54) is 0 Å². The lowest BCUT2D eigenvalue weighted by Crippen LogP contribution is -2.43. The van der Waals surface area contributed by atoms with Crippen molar-refractivity contribution < 1.29 is 24.0 Å².